The molecule has 122 valence electrons. The van der Waals surface area contributed by atoms with Gasteiger partial charge in [0.05, 0.1) is 17.1 Å². The van der Waals surface area contributed by atoms with Crippen LogP contribution >= 0.6 is 12.2 Å². The summed E-state index contributed by atoms with van der Waals surface area (Å²) in [6.07, 6.45) is 6.07. The zero-order chi connectivity index (χ0) is 15.9. The molecule has 0 unspecified atom stereocenters. The van der Waals surface area contributed by atoms with Crippen molar-refractivity contribution in [1.29, 1.82) is 0 Å². The summed E-state index contributed by atoms with van der Waals surface area (Å²) in [6.45, 7) is 1.78. The van der Waals surface area contributed by atoms with Gasteiger partial charge in [-0.05, 0) is 19.8 Å². The van der Waals surface area contributed by atoms with E-state index in [0.717, 1.165) is 32.1 Å². The molecule has 1 aliphatic carbocycles. The lowest BCUT2D eigenvalue weighted by Gasteiger charge is -2.35. The maximum atomic E-state index is 12.2. The highest BCUT2D eigenvalue weighted by Crippen LogP contribution is 2.27. The first-order valence-corrected chi connectivity index (χ1v) is 9.34. The number of thiocarbonyl (C=S) groups is 1. The summed E-state index contributed by atoms with van der Waals surface area (Å²) in [7, 11) is -3.83. The van der Waals surface area contributed by atoms with E-state index < -0.39 is 27.3 Å². The van der Waals surface area contributed by atoms with Crippen molar-refractivity contribution in [3.63, 3.8) is 0 Å². The topological polar surface area (TPSA) is 98.5 Å². The normalized spacial score (nSPS) is 19.3. The van der Waals surface area contributed by atoms with Gasteiger partial charge in [0.2, 0.25) is 10.0 Å². The zero-order valence-electron chi connectivity index (χ0n) is 12.4. The summed E-state index contributed by atoms with van der Waals surface area (Å²) in [4.78, 5) is 11.5. The highest BCUT2D eigenvalue weighted by molar-refractivity contribution is 7.90. The first-order valence-electron chi connectivity index (χ1n) is 7.28. The third-order valence-electron chi connectivity index (χ3n) is 3.64. The van der Waals surface area contributed by atoms with Gasteiger partial charge in [-0.15, -0.1) is 0 Å². The Kier molecular flexibility index (Phi) is 7.02. The Bertz CT molecular complexity index is 469. The predicted molar refractivity (Wildman–Crippen MR) is 85.4 cm³/mol. The van der Waals surface area contributed by atoms with E-state index in [1.165, 1.54) is 0 Å². The number of carbonyl (C=O) groups excluding carboxylic acids is 1. The lowest BCUT2D eigenvalue weighted by Crippen LogP contribution is -2.57. The van der Waals surface area contributed by atoms with Crippen LogP contribution in [-0.4, -0.2) is 37.3 Å². The molecule has 21 heavy (non-hydrogen) atoms. The second-order valence-corrected chi connectivity index (χ2v) is 7.54. The zero-order valence-corrected chi connectivity index (χ0v) is 14.0. The van der Waals surface area contributed by atoms with E-state index in [4.69, 9.17) is 18.0 Å². The lowest BCUT2D eigenvalue weighted by atomic mass is 9.85. The summed E-state index contributed by atoms with van der Waals surface area (Å²) in [5, 5.41) is 0. The Morgan fingerprint density at radius 3 is 2.24 bits per heavy atom. The number of rotatable bonds is 6. The molecular weight excluding hydrogens is 312 g/mol. The molecule has 1 saturated carbocycles. The molecule has 0 aromatic carbocycles. The second-order valence-electron chi connectivity index (χ2n) is 5.38. The van der Waals surface area contributed by atoms with E-state index in [2.05, 4.69) is 9.46 Å². The third kappa shape index (κ3) is 5.88. The van der Waals surface area contributed by atoms with Crippen LogP contribution in [0.4, 0.5) is 0 Å². The van der Waals surface area contributed by atoms with Crippen LogP contribution in [0.15, 0.2) is 0 Å². The number of ether oxygens (including phenoxy) is 1. The van der Waals surface area contributed by atoms with Crippen molar-refractivity contribution >= 4 is 33.2 Å². The van der Waals surface area contributed by atoms with Gasteiger partial charge >= 0.3 is 5.97 Å². The van der Waals surface area contributed by atoms with Gasteiger partial charge in [-0.3, -0.25) is 4.79 Å². The fraction of sp³-hybridized carbons (Fsp3) is 0.846. The first kappa shape index (κ1) is 18.3. The van der Waals surface area contributed by atoms with Crippen molar-refractivity contribution in [3.8, 4) is 0 Å². The molecule has 8 heteroatoms. The van der Waals surface area contributed by atoms with Crippen LogP contribution in [0.5, 0.6) is 0 Å². The molecule has 0 aromatic rings. The minimum Gasteiger partial charge on any atom is -0.465 e. The number of esters is 1. The highest BCUT2D eigenvalue weighted by Gasteiger charge is 2.38. The molecule has 0 bridgehead atoms. The fourth-order valence-electron chi connectivity index (χ4n) is 2.60. The van der Waals surface area contributed by atoms with Gasteiger partial charge in [-0.2, -0.15) is 0 Å². The average Bonchev–Trinajstić information content (AvgIpc) is 2.31. The molecule has 1 rings (SSSR count). The summed E-state index contributed by atoms with van der Waals surface area (Å²) < 4.78 is 31.6. The molecule has 0 amide bonds. The summed E-state index contributed by atoms with van der Waals surface area (Å²) >= 11 is 5.10. The van der Waals surface area contributed by atoms with Crippen LogP contribution in [0, 0.1) is 0 Å². The summed E-state index contributed by atoms with van der Waals surface area (Å²) in [5.74, 6) is -1.47. The van der Waals surface area contributed by atoms with E-state index in [-0.39, 0.29) is 11.6 Å². The maximum Gasteiger partial charge on any atom is 0.322 e. The molecule has 0 aromatic heterocycles. The minimum absolute atomic E-state index is 0.148. The van der Waals surface area contributed by atoms with Crippen LogP contribution < -0.4 is 10.5 Å². The van der Waals surface area contributed by atoms with Gasteiger partial charge in [0.1, 0.15) is 0 Å². The maximum absolute atomic E-state index is 12.2. The van der Waals surface area contributed by atoms with E-state index in [1.807, 2.05) is 0 Å². The Morgan fingerprint density at radius 2 is 1.76 bits per heavy atom. The fourth-order valence-corrected chi connectivity index (χ4v) is 4.29. The van der Waals surface area contributed by atoms with Crippen LogP contribution in [-0.2, 0) is 19.6 Å². The van der Waals surface area contributed by atoms with Crippen molar-refractivity contribution in [2.45, 2.75) is 57.4 Å². The SMILES string of the molecule is CCOC(=O)CS(=O)(=O)NC1(C(N)=S)CCCCCCC1. The largest absolute Gasteiger partial charge is 0.465 e. The molecule has 0 spiro atoms. The molecule has 3 N–H and O–H groups in total. The standard InChI is InChI=1S/C13H24N2O4S2/c1-2-19-11(16)10-21(17,18)15-13(12(14)20)8-6-4-3-5-7-9-13/h15H,2-10H2,1H3,(H2,14,20). The van der Waals surface area contributed by atoms with E-state index >= 15 is 0 Å². The van der Waals surface area contributed by atoms with Gasteiger partial charge < -0.3 is 10.5 Å². The van der Waals surface area contributed by atoms with Gasteiger partial charge in [0.25, 0.3) is 0 Å². The van der Waals surface area contributed by atoms with Crippen molar-refractivity contribution < 1.29 is 17.9 Å². The van der Waals surface area contributed by atoms with Crippen molar-refractivity contribution in [1.82, 2.24) is 4.72 Å². The van der Waals surface area contributed by atoms with Crippen LogP contribution in [0.1, 0.15) is 51.9 Å². The quantitative estimate of drug-likeness (QED) is 0.559. The average molecular weight is 336 g/mol. The Balaban J connectivity index is 2.85. The number of nitrogens with one attached hydrogen (secondary N) is 1. The number of hydrogen-bond donors (Lipinski definition) is 2. The molecule has 1 aliphatic rings. The minimum atomic E-state index is -3.83. The third-order valence-corrected chi connectivity index (χ3v) is 5.35. The molecule has 0 saturated heterocycles. The highest BCUT2D eigenvalue weighted by atomic mass is 32.2. The Morgan fingerprint density at radius 1 is 1.24 bits per heavy atom. The van der Waals surface area contributed by atoms with Crippen molar-refractivity contribution in [3.05, 3.63) is 0 Å². The molecular formula is C13H24N2O4S2. The van der Waals surface area contributed by atoms with Gasteiger partial charge in [-0.25, -0.2) is 13.1 Å². The number of nitrogens with two attached hydrogens (primary N) is 1. The monoisotopic (exact) mass is 336 g/mol. The van der Waals surface area contributed by atoms with Crippen molar-refractivity contribution in [2.24, 2.45) is 5.73 Å². The lowest BCUT2D eigenvalue weighted by molar-refractivity contribution is -0.139. The number of carbonyl (C=O) groups is 1. The second kappa shape index (κ2) is 8.05. The molecule has 0 atom stereocenters. The van der Waals surface area contributed by atoms with Crippen molar-refractivity contribution in [2.75, 3.05) is 12.4 Å². The Hall–Kier alpha value is -0.730. The number of hydrogen-bond acceptors (Lipinski definition) is 5. The molecule has 0 heterocycles. The molecule has 0 aliphatic heterocycles. The predicted octanol–water partition coefficient (Wildman–Crippen LogP) is 1.24. The first-order chi connectivity index (χ1) is 9.81. The molecule has 6 nitrogen and oxygen atoms in total. The van der Waals surface area contributed by atoms with Crippen LogP contribution in [0.25, 0.3) is 0 Å². The van der Waals surface area contributed by atoms with E-state index in [9.17, 15) is 13.2 Å². The van der Waals surface area contributed by atoms with Gasteiger partial charge in [0.15, 0.2) is 5.75 Å². The van der Waals surface area contributed by atoms with E-state index in [1.54, 1.807) is 6.92 Å². The summed E-state index contributed by atoms with van der Waals surface area (Å²) in [5.41, 5.74) is 4.89. The number of sulfonamides is 1. The summed E-state index contributed by atoms with van der Waals surface area (Å²) in [6, 6.07) is 0. The molecule has 1 fully saturated rings. The molecule has 0 radical (unpaired) electrons. The van der Waals surface area contributed by atoms with Gasteiger partial charge in [0, 0.05) is 0 Å². The van der Waals surface area contributed by atoms with Crippen LogP contribution in [0.3, 0.4) is 0 Å². The van der Waals surface area contributed by atoms with Crippen LogP contribution in [0.2, 0.25) is 0 Å². The Labute approximate surface area is 131 Å². The smallest absolute Gasteiger partial charge is 0.322 e. The van der Waals surface area contributed by atoms with E-state index in [0.29, 0.717) is 12.8 Å². The van der Waals surface area contributed by atoms with Gasteiger partial charge in [-0.1, -0.05) is 44.3 Å².